The first-order valence-corrected chi connectivity index (χ1v) is 9.68. The number of carbonyl (C=O) groups is 2. The van der Waals surface area contributed by atoms with E-state index in [-0.39, 0.29) is 11.9 Å². The van der Waals surface area contributed by atoms with Crippen molar-refractivity contribution in [1.82, 2.24) is 15.5 Å². The summed E-state index contributed by atoms with van der Waals surface area (Å²) in [6.07, 6.45) is 4.72. The summed E-state index contributed by atoms with van der Waals surface area (Å²) in [6, 6.07) is 7.31. The number of likely N-dealkylation sites (tertiary alicyclic amines) is 1. The maximum absolute atomic E-state index is 12.5. The predicted octanol–water partition coefficient (Wildman–Crippen LogP) is 2.61. The number of urea groups is 1. The van der Waals surface area contributed by atoms with Crippen LogP contribution in [-0.4, -0.2) is 50.1 Å². The quantitative estimate of drug-likeness (QED) is 0.667. The SMILES string of the molecule is CCCNC(=O)Nc1ccc(CC(=O)N2CCC(CCNC)CC2)cc1. The van der Waals surface area contributed by atoms with Gasteiger partial charge in [0.1, 0.15) is 0 Å². The lowest BCUT2D eigenvalue weighted by Gasteiger charge is -2.32. The Labute approximate surface area is 156 Å². The Bertz CT molecular complexity index is 566. The number of amides is 3. The molecule has 3 amide bonds. The maximum atomic E-state index is 12.5. The third kappa shape index (κ3) is 6.67. The Morgan fingerprint density at radius 2 is 1.81 bits per heavy atom. The van der Waals surface area contributed by atoms with Gasteiger partial charge in [-0.3, -0.25) is 4.79 Å². The van der Waals surface area contributed by atoms with Gasteiger partial charge < -0.3 is 20.9 Å². The molecule has 6 heteroatoms. The number of benzene rings is 1. The Balaban J connectivity index is 1.76. The van der Waals surface area contributed by atoms with Gasteiger partial charge in [-0.25, -0.2) is 4.79 Å². The van der Waals surface area contributed by atoms with Crippen molar-refractivity contribution >= 4 is 17.6 Å². The van der Waals surface area contributed by atoms with Gasteiger partial charge in [-0.1, -0.05) is 19.1 Å². The van der Waals surface area contributed by atoms with Gasteiger partial charge in [0.05, 0.1) is 6.42 Å². The van der Waals surface area contributed by atoms with Crippen LogP contribution in [0.2, 0.25) is 0 Å². The first-order valence-electron chi connectivity index (χ1n) is 9.68. The molecule has 1 fully saturated rings. The highest BCUT2D eigenvalue weighted by Crippen LogP contribution is 2.21. The van der Waals surface area contributed by atoms with E-state index >= 15 is 0 Å². The van der Waals surface area contributed by atoms with Gasteiger partial charge in [0.2, 0.25) is 5.91 Å². The van der Waals surface area contributed by atoms with E-state index in [9.17, 15) is 9.59 Å². The molecule has 1 aromatic rings. The second-order valence-electron chi connectivity index (χ2n) is 6.97. The molecule has 2 rings (SSSR count). The lowest BCUT2D eigenvalue weighted by molar-refractivity contribution is -0.131. The molecule has 1 aliphatic rings. The van der Waals surface area contributed by atoms with Crippen molar-refractivity contribution in [3.05, 3.63) is 29.8 Å². The monoisotopic (exact) mass is 360 g/mol. The standard InChI is InChI=1S/C20H32N4O2/c1-3-11-22-20(26)23-18-6-4-17(5-7-18)15-19(25)24-13-9-16(10-14-24)8-12-21-2/h4-7,16,21H,3,8-15H2,1-2H3,(H2,22,23,26). The van der Waals surface area contributed by atoms with E-state index in [0.29, 0.717) is 13.0 Å². The predicted molar refractivity (Wildman–Crippen MR) is 105 cm³/mol. The van der Waals surface area contributed by atoms with Crippen LogP contribution in [0.5, 0.6) is 0 Å². The van der Waals surface area contributed by atoms with Crippen molar-refractivity contribution < 1.29 is 9.59 Å². The van der Waals surface area contributed by atoms with E-state index in [1.165, 1.54) is 6.42 Å². The summed E-state index contributed by atoms with van der Waals surface area (Å²) in [5.41, 5.74) is 1.71. The first-order chi connectivity index (χ1) is 12.6. The van der Waals surface area contributed by atoms with E-state index in [0.717, 1.165) is 56.1 Å². The van der Waals surface area contributed by atoms with Crippen LogP contribution in [0.3, 0.4) is 0 Å². The molecule has 0 bridgehead atoms. The molecule has 144 valence electrons. The van der Waals surface area contributed by atoms with Crippen molar-refractivity contribution in [2.45, 2.75) is 39.0 Å². The average molecular weight is 361 g/mol. The number of piperidine rings is 1. The molecule has 0 spiro atoms. The van der Waals surface area contributed by atoms with Gasteiger partial charge in [-0.05, 0) is 62.9 Å². The van der Waals surface area contributed by atoms with Crippen molar-refractivity contribution in [1.29, 1.82) is 0 Å². The van der Waals surface area contributed by atoms with Crippen LogP contribution in [0.25, 0.3) is 0 Å². The Morgan fingerprint density at radius 1 is 1.12 bits per heavy atom. The van der Waals surface area contributed by atoms with E-state index < -0.39 is 0 Å². The van der Waals surface area contributed by atoms with Gasteiger partial charge in [0, 0.05) is 25.3 Å². The van der Waals surface area contributed by atoms with E-state index in [2.05, 4.69) is 16.0 Å². The summed E-state index contributed by atoms with van der Waals surface area (Å²) in [5, 5.41) is 8.76. The highest BCUT2D eigenvalue weighted by Gasteiger charge is 2.22. The van der Waals surface area contributed by atoms with Gasteiger partial charge in [-0.15, -0.1) is 0 Å². The molecule has 1 aliphatic heterocycles. The van der Waals surface area contributed by atoms with Gasteiger partial charge >= 0.3 is 6.03 Å². The average Bonchev–Trinajstić information content (AvgIpc) is 2.66. The molecule has 0 aliphatic carbocycles. The largest absolute Gasteiger partial charge is 0.342 e. The van der Waals surface area contributed by atoms with Crippen LogP contribution in [0.4, 0.5) is 10.5 Å². The number of hydrogen-bond donors (Lipinski definition) is 3. The van der Waals surface area contributed by atoms with E-state index in [1.807, 2.05) is 43.1 Å². The molecule has 26 heavy (non-hydrogen) atoms. The summed E-state index contributed by atoms with van der Waals surface area (Å²) in [5.74, 6) is 0.925. The second kappa shape index (κ2) is 10.8. The summed E-state index contributed by atoms with van der Waals surface area (Å²) >= 11 is 0. The molecule has 0 radical (unpaired) electrons. The fraction of sp³-hybridized carbons (Fsp3) is 0.600. The molecular weight excluding hydrogens is 328 g/mol. The number of rotatable bonds is 8. The van der Waals surface area contributed by atoms with Crippen molar-refractivity contribution in [3.8, 4) is 0 Å². The first kappa shape index (κ1) is 20.2. The zero-order valence-corrected chi connectivity index (χ0v) is 16.0. The van der Waals surface area contributed by atoms with Gasteiger partial charge in [0.25, 0.3) is 0 Å². The molecule has 6 nitrogen and oxygen atoms in total. The third-order valence-corrected chi connectivity index (χ3v) is 4.87. The molecule has 1 heterocycles. The van der Waals surface area contributed by atoms with Gasteiger partial charge in [0.15, 0.2) is 0 Å². The van der Waals surface area contributed by atoms with E-state index in [1.54, 1.807) is 0 Å². The zero-order chi connectivity index (χ0) is 18.8. The number of carbonyl (C=O) groups excluding carboxylic acids is 2. The summed E-state index contributed by atoms with van der Waals surface area (Å²) in [6.45, 7) is 5.45. The van der Waals surface area contributed by atoms with Crippen LogP contribution in [0.1, 0.15) is 38.2 Å². The van der Waals surface area contributed by atoms with Crippen LogP contribution in [0.15, 0.2) is 24.3 Å². The number of hydrogen-bond acceptors (Lipinski definition) is 3. The summed E-state index contributed by atoms with van der Waals surface area (Å²) in [7, 11) is 1.98. The summed E-state index contributed by atoms with van der Waals surface area (Å²) < 4.78 is 0. The third-order valence-electron chi connectivity index (χ3n) is 4.87. The zero-order valence-electron chi connectivity index (χ0n) is 16.0. The number of anilines is 1. The fourth-order valence-corrected chi connectivity index (χ4v) is 3.23. The molecule has 3 N–H and O–H groups in total. The highest BCUT2D eigenvalue weighted by molar-refractivity contribution is 5.89. The maximum Gasteiger partial charge on any atom is 0.319 e. The molecular formula is C20H32N4O2. The smallest absolute Gasteiger partial charge is 0.319 e. The number of nitrogens with zero attached hydrogens (tertiary/aromatic N) is 1. The molecule has 1 aromatic carbocycles. The summed E-state index contributed by atoms with van der Waals surface area (Å²) in [4.78, 5) is 26.1. The van der Waals surface area contributed by atoms with Crippen molar-refractivity contribution in [2.75, 3.05) is 38.5 Å². The van der Waals surface area contributed by atoms with Gasteiger partial charge in [-0.2, -0.15) is 0 Å². The Kier molecular flexibility index (Phi) is 8.41. The molecule has 1 saturated heterocycles. The molecule has 0 atom stereocenters. The molecule has 0 unspecified atom stereocenters. The minimum absolute atomic E-state index is 0.193. The normalized spacial score (nSPS) is 14.9. The van der Waals surface area contributed by atoms with E-state index in [4.69, 9.17) is 0 Å². The molecule has 0 aromatic heterocycles. The lowest BCUT2D eigenvalue weighted by atomic mass is 9.93. The highest BCUT2D eigenvalue weighted by atomic mass is 16.2. The Hall–Kier alpha value is -2.08. The topological polar surface area (TPSA) is 73.5 Å². The minimum Gasteiger partial charge on any atom is -0.342 e. The molecule has 0 saturated carbocycles. The van der Waals surface area contributed by atoms with Crippen molar-refractivity contribution in [3.63, 3.8) is 0 Å². The van der Waals surface area contributed by atoms with Crippen LogP contribution in [0, 0.1) is 5.92 Å². The van der Waals surface area contributed by atoms with Crippen LogP contribution in [-0.2, 0) is 11.2 Å². The fourth-order valence-electron chi connectivity index (χ4n) is 3.23. The van der Waals surface area contributed by atoms with Crippen LogP contribution < -0.4 is 16.0 Å². The van der Waals surface area contributed by atoms with Crippen LogP contribution >= 0.6 is 0 Å². The minimum atomic E-state index is -0.197. The second-order valence-corrected chi connectivity index (χ2v) is 6.97. The number of nitrogens with one attached hydrogen (secondary N) is 3. The lowest BCUT2D eigenvalue weighted by Crippen LogP contribution is -2.39. The Morgan fingerprint density at radius 3 is 2.42 bits per heavy atom. The van der Waals surface area contributed by atoms with Crippen molar-refractivity contribution in [2.24, 2.45) is 5.92 Å².